The molecule has 0 atom stereocenters. The van der Waals surface area contributed by atoms with Crippen molar-refractivity contribution < 1.29 is 0 Å². The minimum Gasteiger partial charge on any atom is -0.378 e. The van der Waals surface area contributed by atoms with Crippen LogP contribution in [0.5, 0.6) is 0 Å². The molecule has 19 heavy (non-hydrogen) atoms. The van der Waals surface area contributed by atoms with Gasteiger partial charge in [0.2, 0.25) is 0 Å². The van der Waals surface area contributed by atoms with Crippen LogP contribution in [-0.2, 0) is 0 Å². The summed E-state index contributed by atoms with van der Waals surface area (Å²) in [4.78, 5) is 4.29. The summed E-state index contributed by atoms with van der Waals surface area (Å²) in [6.45, 7) is 2.17. The van der Waals surface area contributed by atoms with Crippen LogP contribution in [0, 0.1) is 6.92 Å². The third-order valence-electron chi connectivity index (χ3n) is 3.40. The van der Waals surface area contributed by atoms with Crippen molar-refractivity contribution in [3.05, 3.63) is 48.0 Å². The SMILES string of the molecule is Cc1cccc(N(C)C)c1-c1ccc(N(C)C)cc1. The highest BCUT2D eigenvalue weighted by molar-refractivity contribution is 5.81. The summed E-state index contributed by atoms with van der Waals surface area (Å²) in [7, 11) is 8.31. The summed E-state index contributed by atoms with van der Waals surface area (Å²) in [5.41, 5.74) is 6.38. The van der Waals surface area contributed by atoms with Gasteiger partial charge in [-0.15, -0.1) is 0 Å². The van der Waals surface area contributed by atoms with Crippen LogP contribution in [0.1, 0.15) is 5.56 Å². The second kappa shape index (κ2) is 5.35. The average molecular weight is 254 g/mol. The molecule has 0 aliphatic carbocycles. The van der Waals surface area contributed by atoms with E-state index in [4.69, 9.17) is 0 Å². The molecule has 0 unspecified atom stereocenters. The number of hydrogen-bond acceptors (Lipinski definition) is 2. The molecule has 100 valence electrons. The molecule has 0 spiro atoms. The smallest absolute Gasteiger partial charge is 0.0443 e. The van der Waals surface area contributed by atoms with Gasteiger partial charge in [-0.1, -0.05) is 24.3 Å². The third kappa shape index (κ3) is 2.73. The summed E-state index contributed by atoms with van der Waals surface area (Å²) < 4.78 is 0. The molecule has 0 fully saturated rings. The fraction of sp³-hybridized carbons (Fsp3) is 0.294. The Morgan fingerprint density at radius 2 is 1.37 bits per heavy atom. The van der Waals surface area contributed by atoms with E-state index in [9.17, 15) is 0 Å². The van der Waals surface area contributed by atoms with Gasteiger partial charge >= 0.3 is 0 Å². The Hall–Kier alpha value is -1.96. The van der Waals surface area contributed by atoms with Gasteiger partial charge in [-0.2, -0.15) is 0 Å². The van der Waals surface area contributed by atoms with Gasteiger partial charge in [0.05, 0.1) is 0 Å². The van der Waals surface area contributed by atoms with Gasteiger partial charge in [0.1, 0.15) is 0 Å². The van der Waals surface area contributed by atoms with Gasteiger partial charge in [0.15, 0.2) is 0 Å². The van der Waals surface area contributed by atoms with E-state index in [0.29, 0.717) is 0 Å². The molecule has 0 aliphatic heterocycles. The normalized spacial score (nSPS) is 10.4. The highest BCUT2D eigenvalue weighted by atomic mass is 15.1. The van der Waals surface area contributed by atoms with Crippen LogP contribution in [-0.4, -0.2) is 28.2 Å². The number of hydrogen-bond donors (Lipinski definition) is 0. The van der Waals surface area contributed by atoms with E-state index in [-0.39, 0.29) is 0 Å². The lowest BCUT2D eigenvalue weighted by atomic mass is 9.98. The zero-order valence-electron chi connectivity index (χ0n) is 12.4. The fourth-order valence-corrected chi connectivity index (χ4v) is 2.33. The first-order chi connectivity index (χ1) is 9.00. The molecule has 0 saturated heterocycles. The first kappa shape index (κ1) is 13.5. The van der Waals surface area contributed by atoms with E-state index in [1.54, 1.807) is 0 Å². The van der Waals surface area contributed by atoms with Crippen LogP contribution in [0.3, 0.4) is 0 Å². The van der Waals surface area contributed by atoms with Gasteiger partial charge in [-0.05, 0) is 36.2 Å². The van der Waals surface area contributed by atoms with Crippen LogP contribution >= 0.6 is 0 Å². The molecule has 2 rings (SSSR count). The van der Waals surface area contributed by atoms with Crippen molar-refractivity contribution in [3.8, 4) is 11.1 Å². The number of benzene rings is 2. The second-order valence-corrected chi connectivity index (χ2v) is 5.30. The highest BCUT2D eigenvalue weighted by Crippen LogP contribution is 2.33. The molecule has 2 heteroatoms. The number of nitrogens with zero attached hydrogens (tertiary/aromatic N) is 2. The van der Waals surface area contributed by atoms with Crippen molar-refractivity contribution in [2.75, 3.05) is 38.0 Å². The van der Waals surface area contributed by atoms with Crippen molar-refractivity contribution in [2.24, 2.45) is 0 Å². The van der Waals surface area contributed by atoms with Crippen LogP contribution in [0.25, 0.3) is 11.1 Å². The van der Waals surface area contributed by atoms with Gasteiger partial charge < -0.3 is 9.80 Å². The zero-order chi connectivity index (χ0) is 14.0. The van der Waals surface area contributed by atoms with Crippen LogP contribution in [0.2, 0.25) is 0 Å². The monoisotopic (exact) mass is 254 g/mol. The molecule has 2 nitrogen and oxygen atoms in total. The predicted octanol–water partition coefficient (Wildman–Crippen LogP) is 3.79. The Morgan fingerprint density at radius 1 is 0.737 bits per heavy atom. The molecule has 0 heterocycles. The van der Waals surface area contributed by atoms with E-state index in [2.05, 4.69) is 87.4 Å². The maximum atomic E-state index is 2.20. The molecule has 0 saturated carbocycles. The average Bonchev–Trinajstić information content (AvgIpc) is 2.38. The Kier molecular flexibility index (Phi) is 3.79. The molecule has 0 bridgehead atoms. The van der Waals surface area contributed by atoms with E-state index in [0.717, 1.165) is 0 Å². The van der Waals surface area contributed by atoms with Crippen molar-refractivity contribution in [1.82, 2.24) is 0 Å². The first-order valence-corrected chi connectivity index (χ1v) is 6.55. The standard InChI is InChI=1S/C17H22N2/c1-13-7-6-8-16(19(4)5)17(13)14-9-11-15(12-10-14)18(2)3/h6-12H,1-5H3. The zero-order valence-corrected chi connectivity index (χ0v) is 12.4. The minimum atomic E-state index is 1.23. The third-order valence-corrected chi connectivity index (χ3v) is 3.40. The maximum absolute atomic E-state index is 2.20. The molecule has 2 aromatic rings. The van der Waals surface area contributed by atoms with Crippen molar-refractivity contribution in [2.45, 2.75) is 6.92 Å². The lowest BCUT2D eigenvalue weighted by Crippen LogP contribution is -2.11. The quantitative estimate of drug-likeness (QED) is 0.822. The van der Waals surface area contributed by atoms with Crippen molar-refractivity contribution in [1.29, 1.82) is 0 Å². The van der Waals surface area contributed by atoms with E-state index in [1.807, 2.05) is 0 Å². The minimum absolute atomic E-state index is 1.23. The predicted molar refractivity (Wildman–Crippen MR) is 85.3 cm³/mol. The highest BCUT2D eigenvalue weighted by Gasteiger charge is 2.09. The molecular weight excluding hydrogens is 232 g/mol. The summed E-state index contributed by atoms with van der Waals surface area (Å²) in [5.74, 6) is 0. The summed E-state index contributed by atoms with van der Waals surface area (Å²) in [6.07, 6.45) is 0. The van der Waals surface area contributed by atoms with Crippen molar-refractivity contribution in [3.63, 3.8) is 0 Å². The van der Waals surface area contributed by atoms with Crippen molar-refractivity contribution >= 4 is 11.4 Å². The Bertz CT molecular complexity index is 554. The maximum Gasteiger partial charge on any atom is 0.0443 e. The Morgan fingerprint density at radius 3 is 1.89 bits per heavy atom. The molecule has 0 aromatic heterocycles. The molecule has 0 N–H and O–H groups in total. The van der Waals surface area contributed by atoms with Gasteiger partial charge in [-0.25, -0.2) is 0 Å². The number of anilines is 2. The van der Waals surface area contributed by atoms with E-state index < -0.39 is 0 Å². The van der Waals surface area contributed by atoms with E-state index in [1.165, 1.54) is 28.1 Å². The second-order valence-electron chi connectivity index (χ2n) is 5.30. The number of rotatable bonds is 3. The lowest BCUT2D eigenvalue weighted by Gasteiger charge is -2.20. The molecule has 0 radical (unpaired) electrons. The Balaban J connectivity index is 2.52. The molecule has 0 aliphatic rings. The fourth-order valence-electron chi connectivity index (χ4n) is 2.33. The molecule has 0 amide bonds. The number of aryl methyl sites for hydroxylation is 1. The van der Waals surface area contributed by atoms with Crippen LogP contribution in [0.4, 0.5) is 11.4 Å². The van der Waals surface area contributed by atoms with Gasteiger partial charge in [-0.3, -0.25) is 0 Å². The first-order valence-electron chi connectivity index (χ1n) is 6.55. The van der Waals surface area contributed by atoms with Gasteiger partial charge in [0, 0.05) is 45.1 Å². The summed E-state index contributed by atoms with van der Waals surface area (Å²) in [5, 5.41) is 0. The summed E-state index contributed by atoms with van der Waals surface area (Å²) >= 11 is 0. The van der Waals surface area contributed by atoms with E-state index >= 15 is 0 Å². The topological polar surface area (TPSA) is 6.48 Å². The largest absolute Gasteiger partial charge is 0.378 e. The lowest BCUT2D eigenvalue weighted by molar-refractivity contribution is 1.12. The molecule has 2 aromatic carbocycles. The van der Waals surface area contributed by atoms with Crippen LogP contribution in [0.15, 0.2) is 42.5 Å². The summed E-state index contributed by atoms with van der Waals surface area (Å²) in [6, 6.07) is 15.2. The van der Waals surface area contributed by atoms with Gasteiger partial charge in [0.25, 0.3) is 0 Å². The Labute approximate surface area is 116 Å². The van der Waals surface area contributed by atoms with Crippen LogP contribution < -0.4 is 9.80 Å². The molecular formula is C17H22N2.